The number of rotatable bonds is 6. The fourth-order valence-corrected chi connectivity index (χ4v) is 3.12. The van der Waals surface area contributed by atoms with Gasteiger partial charge in [-0.3, -0.25) is 9.59 Å². The third kappa shape index (κ3) is 5.10. The Morgan fingerprint density at radius 3 is 2.50 bits per heavy atom. The summed E-state index contributed by atoms with van der Waals surface area (Å²) in [6, 6.07) is 13.6. The van der Waals surface area contributed by atoms with E-state index in [1.54, 1.807) is 56.6 Å². The minimum absolute atomic E-state index is 0.0315. The summed E-state index contributed by atoms with van der Waals surface area (Å²) in [5.41, 5.74) is 1.30. The van der Waals surface area contributed by atoms with Gasteiger partial charge in [-0.05, 0) is 30.3 Å². The molecule has 26 heavy (non-hydrogen) atoms. The van der Waals surface area contributed by atoms with Gasteiger partial charge < -0.3 is 15.0 Å². The van der Waals surface area contributed by atoms with Crippen LogP contribution in [0.4, 0.5) is 5.69 Å². The first-order chi connectivity index (χ1) is 12.4. The van der Waals surface area contributed by atoms with Crippen LogP contribution in [0.3, 0.4) is 0 Å². The lowest BCUT2D eigenvalue weighted by Crippen LogP contribution is -2.23. The molecular formula is C19H20N2O4S. The lowest BCUT2D eigenvalue weighted by atomic mass is 10.1. The van der Waals surface area contributed by atoms with E-state index < -0.39 is 5.97 Å². The summed E-state index contributed by atoms with van der Waals surface area (Å²) in [7, 11) is 4.68. The minimum Gasteiger partial charge on any atom is -0.465 e. The molecule has 0 aliphatic carbocycles. The zero-order chi connectivity index (χ0) is 19.1. The number of nitrogens with one attached hydrogen (secondary N) is 1. The van der Waals surface area contributed by atoms with Crippen LogP contribution < -0.4 is 5.32 Å². The van der Waals surface area contributed by atoms with Crippen LogP contribution in [0.15, 0.2) is 53.4 Å². The smallest absolute Gasteiger partial charge is 0.337 e. The van der Waals surface area contributed by atoms with Gasteiger partial charge in [0.15, 0.2) is 0 Å². The molecule has 2 aromatic carbocycles. The molecule has 0 aliphatic heterocycles. The maximum absolute atomic E-state index is 12.6. The number of hydrogen-bond acceptors (Lipinski definition) is 5. The van der Waals surface area contributed by atoms with Crippen molar-refractivity contribution in [3.05, 3.63) is 59.7 Å². The van der Waals surface area contributed by atoms with E-state index in [1.807, 2.05) is 6.07 Å². The van der Waals surface area contributed by atoms with Crippen LogP contribution in [0, 0.1) is 0 Å². The molecule has 2 aromatic rings. The number of ether oxygens (including phenoxy) is 1. The molecule has 0 spiro atoms. The number of esters is 1. The molecule has 2 rings (SSSR count). The van der Waals surface area contributed by atoms with E-state index in [0.29, 0.717) is 21.7 Å². The van der Waals surface area contributed by atoms with E-state index >= 15 is 0 Å². The van der Waals surface area contributed by atoms with Gasteiger partial charge in [-0.15, -0.1) is 11.8 Å². The van der Waals surface area contributed by atoms with Crippen molar-refractivity contribution in [3.8, 4) is 0 Å². The van der Waals surface area contributed by atoms with Crippen molar-refractivity contribution in [2.75, 3.05) is 32.3 Å². The molecule has 0 heterocycles. The van der Waals surface area contributed by atoms with Gasteiger partial charge in [-0.25, -0.2) is 4.79 Å². The molecule has 0 fully saturated rings. The monoisotopic (exact) mass is 372 g/mol. The van der Waals surface area contributed by atoms with Crippen molar-refractivity contribution in [1.82, 2.24) is 4.90 Å². The number of thioether (sulfide) groups is 1. The summed E-state index contributed by atoms with van der Waals surface area (Å²) < 4.78 is 4.68. The zero-order valence-electron chi connectivity index (χ0n) is 14.8. The van der Waals surface area contributed by atoms with E-state index in [9.17, 15) is 14.4 Å². The Morgan fingerprint density at radius 2 is 1.81 bits per heavy atom. The normalized spacial score (nSPS) is 10.1. The average molecular weight is 372 g/mol. The Bertz CT molecular complexity index is 821. The zero-order valence-corrected chi connectivity index (χ0v) is 15.6. The maximum atomic E-state index is 12.6. The van der Waals surface area contributed by atoms with Crippen LogP contribution in [0.1, 0.15) is 20.7 Å². The van der Waals surface area contributed by atoms with E-state index in [1.165, 1.54) is 23.8 Å². The van der Waals surface area contributed by atoms with Gasteiger partial charge in [0.25, 0.3) is 5.91 Å². The second kappa shape index (κ2) is 9.05. The summed E-state index contributed by atoms with van der Waals surface area (Å²) in [5, 5.41) is 2.77. The number of nitrogens with zero attached hydrogens (tertiary/aromatic N) is 1. The van der Waals surface area contributed by atoms with Crippen LogP contribution in [0.2, 0.25) is 0 Å². The first-order valence-corrected chi connectivity index (χ1v) is 8.82. The molecule has 0 atom stereocenters. The maximum Gasteiger partial charge on any atom is 0.337 e. The molecule has 2 amide bonds. The molecule has 0 radical (unpaired) electrons. The Hall–Kier alpha value is -2.80. The summed E-state index contributed by atoms with van der Waals surface area (Å²) in [4.78, 5) is 38.2. The molecule has 6 nitrogen and oxygen atoms in total. The summed E-state index contributed by atoms with van der Waals surface area (Å²) >= 11 is 1.31. The fourth-order valence-electron chi connectivity index (χ4n) is 2.09. The van der Waals surface area contributed by atoms with Crippen molar-refractivity contribution < 1.29 is 19.1 Å². The summed E-state index contributed by atoms with van der Waals surface area (Å²) in [6.07, 6.45) is 0. The van der Waals surface area contributed by atoms with E-state index in [4.69, 9.17) is 0 Å². The topological polar surface area (TPSA) is 75.7 Å². The molecule has 7 heteroatoms. The number of carbonyl (C=O) groups is 3. The average Bonchev–Trinajstić information content (AvgIpc) is 2.65. The highest BCUT2D eigenvalue weighted by Gasteiger charge is 2.14. The Balaban J connectivity index is 2.15. The molecule has 0 aromatic heterocycles. The third-order valence-corrected chi connectivity index (χ3v) is 4.58. The number of hydrogen-bond donors (Lipinski definition) is 1. The van der Waals surface area contributed by atoms with Crippen LogP contribution >= 0.6 is 11.8 Å². The van der Waals surface area contributed by atoms with Crippen molar-refractivity contribution in [2.45, 2.75) is 4.90 Å². The standard InChI is InChI=1S/C19H20N2O4S/c1-21(2)17(22)12-26-16-10-5-4-9-15(16)18(23)20-14-8-6-7-13(11-14)19(24)25-3/h4-11H,12H2,1-3H3,(H,20,23). The minimum atomic E-state index is -0.473. The lowest BCUT2D eigenvalue weighted by molar-refractivity contribution is -0.125. The van der Waals surface area contributed by atoms with Gasteiger partial charge >= 0.3 is 5.97 Å². The molecule has 0 saturated carbocycles. The molecule has 0 aliphatic rings. The van der Waals surface area contributed by atoms with E-state index in [2.05, 4.69) is 10.1 Å². The van der Waals surface area contributed by atoms with Crippen molar-refractivity contribution >= 4 is 35.2 Å². The first-order valence-electron chi connectivity index (χ1n) is 7.84. The number of carbonyl (C=O) groups excluding carboxylic acids is 3. The predicted molar refractivity (Wildman–Crippen MR) is 102 cm³/mol. The van der Waals surface area contributed by atoms with Crippen LogP contribution in [-0.2, 0) is 9.53 Å². The lowest BCUT2D eigenvalue weighted by Gasteiger charge is -2.12. The quantitative estimate of drug-likeness (QED) is 0.623. The number of amides is 2. The van der Waals surface area contributed by atoms with Crippen LogP contribution in [0.25, 0.3) is 0 Å². The largest absolute Gasteiger partial charge is 0.465 e. The Morgan fingerprint density at radius 1 is 1.08 bits per heavy atom. The predicted octanol–water partition coefficient (Wildman–Crippen LogP) is 2.91. The molecule has 1 N–H and O–H groups in total. The van der Waals surface area contributed by atoms with E-state index in [0.717, 1.165) is 0 Å². The number of benzene rings is 2. The SMILES string of the molecule is COC(=O)c1cccc(NC(=O)c2ccccc2SCC(=O)N(C)C)c1. The Kier molecular flexibility index (Phi) is 6.80. The van der Waals surface area contributed by atoms with Gasteiger partial charge in [0.05, 0.1) is 24.0 Å². The van der Waals surface area contributed by atoms with Crippen molar-refractivity contribution in [1.29, 1.82) is 0 Å². The number of methoxy groups -OCH3 is 1. The highest BCUT2D eigenvalue weighted by atomic mass is 32.2. The van der Waals surface area contributed by atoms with Crippen LogP contribution in [-0.4, -0.2) is 49.6 Å². The van der Waals surface area contributed by atoms with E-state index in [-0.39, 0.29) is 17.6 Å². The molecule has 0 saturated heterocycles. The highest BCUT2D eigenvalue weighted by molar-refractivity contribution is 8.00. The van der Waals surface area contributed by atoms with Gasteiger partial charge in [0, 0.05) is 24.7 Å². The van der Waals surface area contributed by atoms with Gasteiger partial charge in [-0.2, -0.15) is 0 Å². The second-order valence-electron chi connectivity index (χ2n) is 5.60. The molecule has 0 bridgehead atoms. The van der Waals surface area contributed by atoms with Crippen molar-refractivity contribution in [2.24, 2.45) is 0 Å². The van der Waals surface area contributed by atoms with Crippen LogP contribution in [0.5, 0.6) is 0 Å². The van der Waals surface area contributed by atoms with Gasteiger partial charge in [0.2, 0.25) is 5.91 Å². The Labute approximate surface area is 156 Å². The number of anilines is 1. The summed E-state index contributed by atoms with van der Waals surface area (Å²) in [5.74, 6) is -0.572. The molecular weight excluding hydrogens is 352 g/mol. The first kappa shape index (κ1) is 19.5. The van der Waals surface area contributed by atoms with Crippen molar-refractivity contribution in [3.63, 3.8) is 0 Å². The van der Waals surface area contributed by atoms with Gasteiger partial charge in [-0.1, -0.05) is 18.2 Å². The molecule has 136 valence electrons. The van der Waals surface area contributed by atoms with Gasteiger partial charge in [0.1, 0.15) is 0 Å². The third-order valence-electron chi connectivity index (χ3n) is 3.52. The molecule has 0 unspecified atom stereocenters. The fraction of sp³-hybridized carbons (Fsp3) is 0.211. The summed E-state index contributed by atoms with van der Waals surface area (Å²) in [6.45, 7) is 0. The second-order valence-corrected chi connectivity index (χ2v) is 6.62. The highest BCUT2D eigenvalue weighted by Crippen LogP contribution is 2.24.